The molecule has 0 saturated carbocycles. The van der Waals surface area contributed by atoms with E-state index in [1.807, 2.05) is 0 Å². The zero-order chi connectivity index (χ0) is 9.97. The summed E-state index contributed by atoms with van der Waals surface area (Å²) in [5, 5.41) is 7.96. The lowest BCUT2D eigenvalue weighted by Crippen LogP contribution is -2.29. The predicted octanol–water partition coefficient (Wildman–Crippen LogP) is 1.82. The van der Waals surface area contributed by atoms with E-state index in [0.717, 1.165) is 35.2 Å². The first-order chi connectivity index (χ1) is 6.75. The standard InChI is InChI=1S/C8H13N3OS2/c1-6-5-11(3-2-4-12-6)7-9-10-8(13)14-7/h6H,2-5H2,1H3,(H,10,13). The highest BCUT2D eigenvalue weighted by Crippen LogP contribution is 2.19. The van der Waals surface area contributed by atoms with Crippen molar-refractivity contribution in [1.29, 1.82) is 0 Å². The number of hydrogen-bond donors (Lipinski definition) is 1. The Hall–Kier alpha value is -0.460. The van der Waals surface area contributed by atoms with Gasteiger partial charge in [-0.25, -0.2) is 0 Å². The number of nitrogens with one attached hydrogen (secondary N) is 1. The number of ether oxygens (including phenoxy) is 1. The van der Waals surface area contributed by atoms with Gasteiger partial charge in [0.1, 0.15) is 0 Å². The predicted molar refractivity (Wildman–Crippen MR) is 59.5 cm³/mol. The molecule has 78 valence electrons. The van der Waals surface area contributed by atoms with Crippen LogP contribution >= 0.6 is 23.6 Å². The van der Waals surface area contributed by atoms with Crippen LogP contribution in [-0.4, -0.2) is 36.0 Å². The number of hydrogen-bond acceptors (Lipinski definition) is 5. The summed E-state index contributed by atoms with van der Waals surface area (Å²) < 4.78 is 6.29. The Labute approximate surface area is 91.9 Å². The zero-order valence-corrected chi connectivity index (χ0v) is 9.66. The number of aromatic nitrogens is 2. The average Bonchev–Trinajstić information content (AvgIpc) is 2.45. The second kappa shape index (κ2) is 4.37. The van der Waals surface area contributed by atoms with E-state index >= 15 is 0 Å². The summed E-state index contributed by atoms with van der Waals surface area (Å²) in [4.78, 5) is 2.23. The molecule has 1 aliphatic rings. The molecule has 0 aromatic carbocycles. The molecule has 0 radical (unpaired) electrons. The zero-order valence-electron chi connectivity index (χ0n) is 8.02. The Kier molecular flexibility index (Phi) is 3.15. The Balaban J connectivity index is 2.12. The third kappa shape index (κ3) is 2.31. The van der Waals surface area contributed by atoms with Crippen LogP contribution in [0.25, 0.3) is 0 Å². The van der Waals surface area contributed by atoms with E-state index < -0.39 is 0 Å². The van der Waals surface area contributed by atoms with E-state index in [-0.39, 0.29) is 6.10 Å². The maximum Gasteiger partial charge on any atom is 0.207 e. The van der Waals surface area contributed by atoms with Crippen molar-refractivity contribution in [1.82, 2.24) is 10.2 Å². The van der Waals surface area contributed by atoms with Gasteiger partial charge in [0.25, 0.3) is 0 Å². The summed E-state index contributed by atoms with van der Waals surface area (Å²) in [7, 11) is 0. The number of anilines is 1. The minimum Gasteiger partial charge on any atom is -0.377 e. The molecule has 6 heteroatoms. The van der Waals surface area contributed by atoms with Crippen molar-refractivity contribution >= 4 is 28.7 Å². The summed E-state index contributed by atoms with van der Waals surface area (Å²) in [6, 6.07) is 0. The smallest absolute Gasteiger partial charge is 0.207 e. The number of aromatic amines is 1. The van der Waals surface area contributed by atoms with Gasteiger partial charge in [-0.3, -0.25) is 5.10 Å². The molecule has 2 heterocycles. The second-order valence-electron chi connectivity index (χ2n) is 3.38. The largest absolute Gasteiger partial charge is 0.377 e. The van der Waals surface area contributed by atoms with Gasteiger partial charge in [-0.05, 0) is 25.6 Å². The summed E-state index contributed by atoms with van der Waals surface area (Å²) >= 11 is 6.53. The molecule has 2 rings (SSSR count). The molecule has 1 fully saturated rings. The summed E-state index contributed by atoms with van der Waals surface area (Å²) in [6.07, 6.45) is 1.33. The lowest BCUT2D eigenvalue weighted by atomic mass is 10.4. The first-order valence-electron chi connectivity index (χ1n) is 4.68. The highest BCUT2D eigenvalue weighted by molar-refractivity contribution is 7.73. The third-order valence-corrected chi connectivity index (χ3v) is 3.30. The number of nitrogens with zero attached hydrogens (tertiary/aromatic N) is 2. The molecule has 0 spiro atoms. The van der Waals surface area contributed by atoms with Crippen LogP contribution in [0.1, 0.15) is 13.3 Å². The number of rotatable bonds is 1. The van der Waals surface area contributed by atoms with E-state index in [2.05, 4.69) is 22.0 Å². The molecule has 1 aromatic heterocycles. The van der Waals surface area contributed by atoms with Gasteiger partial charge in [0, 0.05) is 19.7 Å². The third-order valence-electron chi connectivity index (χ3n) is 2.15. The molecule has 1 unspecified atom stereocenters. The molecule has 1 aromatic rings. The molecule has 0 aliphatic carbocycles. The van der Waals surface area contributed by atoms with Crippen molar-refractivity contribution in [2.24, 2.45) is 0 Å². The first kappa shape index (κ1) is 10.1. The van der Waals surface area contributed by atoms with Crippen LogP contribution in [0, 0.1) is 3.95 Å². The van der Waals surface area contributed by atoms with E-state index in [1.165, 1.54) is 11.3 Å². The van der Waals surface area contributed by atoms with Crippen LogP contribution in [0.3, 0.4) is 0 Å². The van der Waals surface area contributed by atoms with Crippen molar-refractivity contribution in [2.75, 3.05) is 24.6 Å². The number of H-pyrrole nitrogens is 1. The Bertz CT molecular complexity index is 348. The average molecular weight is 231 g/mol. The molecule has 0 bridgehead atoms. The van der Waals surface area contributed by atoms with E-state index in [0.29, 0.717) is 0 Å². The van der Waals surface area contributed by atoms with E-state index in [4.69, 9.17) is 17.0 Å². The van der Waals surface area contributed by atoms with Gasteiger partial charge in [0.05, 0.1) is 6.10 Å². The highest BCUT2D eigenvalue weighted by atomic mass is 32.1. The van der Waals surface area contributed by atoms with Crippen molar-refractivity contribution in [3.8, 4) is 0 Å². The van der Waals surface area contributed by atoms with Crippen molar-refractivity contribution in [3.63, 3.8) is 0 Å². The van der Waals surface area contributed by atoms with Crippen LogP contribution < -0.4 is 4.90 Å². The molecular weight excluding hydrogens is 218 g/mol. The topological polar surface area (TPSA) is 41.2 Å². The van der Waals surface area contributed by atoms with Gasteiger partial charge in [-0.1, -0.05) is 11.3 Å². The minimum atomic E-state index is 0.273. The van der Waals surface area contributed by atoms with Crippen LogP contribution in [-0.2, 0) is 4.74 Å². The SMILES string of the molecule is CC1CN(c2n[nH]c(=S)s2)CCCO1. The maximum atomic E-state index is 5.56. The van der Waals surface area contributed by atoms with Crippen LogP contribution in [0.5, 0.6) is 0 Å². The Morgan fingerprint density at radius 3 is 3.29 bits per heavy atom. The summed E-state index contributed by atoms with van der Waals surface area (Å²) in [5.74, 6) is 0. The van der Waals surface area contributed by atoms with Gasteiger partial charge >= 0.3 is 0 Å². The van der Waals surface area contributed by atoms with Crippen molar-refractivity contribution in [3.05, 3.63) is 3.95 Å². The highest BCUT2D eigenvalue weighted by Gasteiger charge is 2.17. The van der Waals surface area contributed by atoms with Crippen LogP contribution in [0.15, 0.2) is 0 Å². The van der Waals surface area contributed by atoms with Gasteiger partial charge in [-0.2, -0.15) is 0 Å². The molecule has 1 aliphatic heterocycles. The molecule has 4 nitrogen and oxygen atoms in total. The summed E-state index contributed by atoms with van der Waals surface area (Å²) in [5.41, 5.74) is 0. The molecule has 14 heavy (non-hydrogen) atoms. The van der Waals surface area contributed by atoms with Gasteiger partial charge in [0.15, 0.2) is 3.95 Å². The Morgan fingerprint density at radius 1 is 1.71 bits per heavy atom. The normalized spacial score (nSPS) is 23.5. The Morgan fingerprint density at radius 2 is 2.57 bits per heavy atom. The van der Waals surface area contributed by atoms with Crippen molar-refractivity contribution in [2.45, 2.75) is 19.4 Å². The van der Waals surface area contributed by atoms with Crippen LogP contribution in [0.2, 0.25) is 0 Å². The minimum absolute atomic E-state index is 0.273. The van der Waals surface area contributed by atoms with E-state index in [9.17, 15) is 0 Å². The summed E-state index contributed by atoms with van der Waals surface area (Å²) in [6.45, 7) is 4.83. The molecule has 1 atom stereocenters. The molecule has 1 N–H and O–H groups in total. The van der Waals surface area contributed by atoms with E-state index in [1.54, 1.807) is 0 Å². The fourth-order valence-corrected chi connectivity index (χ4v) is 2.44. The molecular formula is C8H13N3OS2. The second-order valence-corrected chi connectivity index (χ2v) is 5.02. The van der Waals surface area contributed by atoms with Crippen molar-refractivity contribution < 1.29 is 4.74 Å². The fourth-order valence-electron chi connectivity index (χ4n) is 1.53. The first-order valence-corrected chi connectivity index (χ1v) is 5.90. The molecule has 0 amide bonds. The van der Waals surface area contributed by atoms with Gasteiger partial charge < -0.3 is 9.64 Å². The molecule has 1 saturated heterocycles. The van der Waals surface area contributed by atoms with Crippen LogP contribution in [0.4, 0.5) is 5.13 Å². The van der Waals surface area contributed by atoms with Gasteiger partial charge in [0.2, 0.25) is 5.13 Å². The lowest BCUT2D eigenvalue weighted by molar-refractivity contribution is 0.0821. The fraction of sp³-hybridized carbons (Fsp3) is 0.750. The maximum absolute atomic E-state index is 5.56. The quantitative estimate of drug-likeness (QED) is 0.749. The lowest BCUT2D eigenvalue weighted by Gasteiger charge is -2.20. The monoisotopic (exact) mass is 231 g/mol. The van der Waals surface area contributed by atoms with Gasteiger partial charge in [-0.15, -0.1) is 5.10 Å².